The maximum absolute atomic E-state index is 12.7. The number of nitrogens with one attached hydrogen (secondary N) is 2. The Morgan fingerprint density at radius 1 is 0.750 bits per heavy atom. The van der Waals surface area contributed by atoms with E-state index < -0.39 is 6.29 Å². The second kappa shape index (κ2) is 17.0. The molecule has 4 unspecified atom stereocenters. The number of hydrogen-bond acceptors (Lipinski definition) is 6. The Morgan fingerprint density at radius 3 is 2.19 bits per heavy atom. The third-order valence-electron chi connectivity index (χ3n) is 10.00. The van der Waals surface area contributed by atoms with Crippen LogP contribution in [0, 0.1) is 5.92 Å². The lowest BCUT2D eigenvalue weighted by Gasteiger charge is -2.43. The molecule has 5 aromatic rings. The van der Waals surface area contributed by atoms with Crippen LogP contribution in [-0.2, 0) is 22.6 Å². The number of ether oxygens (including phenoxy) is 3. The van der Waals surface area contributed by atoms with E-state index in [0.29, 0.717) is 18.0 Å². The van der Waals surface area contributed by atoms with Gasteiger partial charge in [-0.2, -0.15) is 0 Å². The van der Waals surface area contributed by atoms with Gasteiger partial charge in [-0.15, -0.1) is 0 Å². The van der Waals surface area contributed by atoms with Gasteiger partial charge in [0.2, 0.25) is 0 Å². The van der Waals surface area contributed by atoms with Crippen LogP contribution >= 0.6 is 0 Å². The van der Waals surface area contributed by atoms with Crippen molar-refractivity contribution in [1.82, 2.24) is 10.2 Å². The molecule has 2 aliphatic heterocycles. The van der Waals surface area contributed by atoms with E-state index in [1.807, 2.05) is 78.9 Å². The molecule has 0 radical (unpaired) electrons. The summed E-state index contributed by atoms with van der Waals surface area (Å²) in [4.78, 5) is 15.2. The molecular formula is C44H47N3O5. The van der Waals surface area contributed by atoms with Crippen LogP contribution in [0.1, 0.15) is 60.8 Å². The fourth-order valence-electron chi connectivity index (χ4n) is 7.01. The van der Waals surface area contributed by atoms with E-state index in [-0.39, 0.29) is 30.8 Å². The molecule has 0 bridgehead atoms. The van der Waals surface area contributed by atoms with Crippen molar-refractivity contribution in [2.24, 2.45) is 5.92 Å². The quantitative estimate of drug-likeness (QED) is 0.128. The molecule has 0 aromatic heterocycles. The number of rotatable bonds is 11. The molecule has 2 aliphatic rings. The highest BCUT2D eigenvalue weighted by atomic mass is 16.7. The third kappa shape index (κ3) is 9.08. The van der Waals surface area contributed by atoms with E-state index in [9.17, 15) is 9.90 Å². The molecule has 7 rings (SSSR count). The Kier molecular flexibility index (Phi) is 11.6. The summed E-state index contributed by atoms with van der Waals surface area (Å²) >= 11 is 0. The smallest absolute Gasteiger partial charge is 0.319 e. The van der Waals surface area contributed by atoms with E-state index >= 15 is 0 Å². The summed E-state index contributed by atoms with van der Waals surface area (Å²) in [6.07, 6.45) is 3.16. The van der Waals surface area contributed by atoms with Crippen molar-refractivity contribution in [3.05, 3.63) is 150 Å². The number of urea groups is 1. The van der Waals surface area contributed by atoms with Crippen LogP contribution in [0.25, 0.3) is 11.1 Å². The molecule has 0 spiro atoms. The number of carbonyl (C=O) groups excluding carboxylic acids is 1. The molecule has 8 nitrogen and oxygen atoms in total. The second-order valence-corrected chi connectivity index (χ2v) is 13.8. The third-order valence-corrected chi connectivity index (χ3v) is 10.00. The van der Waals surface area contributed by atoms with Crippen molar-refractivity contribution in [2.75, 3.05) is 25.0 Å². The highest BCUT2D eigenvalue weighted by molar-refractivity contribution is 5.89. The van der Waals surface area contributed by atoms with E-state index in [0.717, 1.165) is 58.8 Å². The van der Waals surface area contributed by atoms with Crippen LogP contribution in [0.15, 0.2) is 127 Å². The Balaban J connectivity index is 0.980. The van der Waals surface area contributed by atoms with Crippen molar-refractivity contribution >= 4 is 11.7 Å². The summed E-state index contributed by atoms with van der Waals surface area (Å²) in [7, 11) is 0. The van der Waals surface area contributed by atoms with Crippen LogP contribution in [0.2, 0.25) is 0 Å². The molecule has 2 saturated heterocycles. The summed E-state index contributed by atoms with van der Waals surface area (Å²) in [6, 6.07) is 41.3. The molecule has 4 atom stereocenters. The van der Waals surface area contributed by atoms with Crippen molar-refractivity contribution in [3.8, 4) is 22.6 Å². The van der Waals surface area contributed by atoms with Gasteiger partial charge in [-0.1, -0.05) is 98.3 Å². The van der Waals surface area contributed by atoms with Gasteiger partial charge >= 0.3 is 6.03 Å². The van der Waals surface area contributed by atoms with Crippen LogP contribution in [0.5, 0.6) is 11.5 Å². The van der Waals surface area contributed by atoms with Crippen molar-refractivity contribution < 1.29 is 24.1 Å². The second-order valence-electron chi connectivity index (χ2n) is 13.8. The molecule has 0 saturated carbocycles. The maximum Gasteiger partial charge on any atom is 0.319 e. The molecule has 3 N–H and O–H groups in total. The first-order valence-electron chi connectivity index (χ1n) is 18.3. The normalized spacial score (nSPS) is 20.6. The standard InChI is InChI=1S/C44H47N3O5/c1-31-41(29-47-25-6-3-7-26-47)51-43(52-42(31)35-15-13-32(30-48)14-16-35)36-19-17-34(18-20-36)37-10-8-9-33(27-37)28-45-44(49)46-38-21-23-40(24-22-38)50-39-11-4-2-5-12-39/h2,4-5,8-24,27,31,41-43,48H,3,6-7,25-26,28-30H2,1H3,(H2,45,46,49). The van der Waals surface area contributed by atoms with Gasteiger partial charge in [0.15, 0.2) is 6.29 Å². The van der Waals surface area contributed by atoms with Gasteiger partial charge in [0, 0.05) is 30.3 Å². The molecule has 0 aliphatic carbocycles. The number of amides is 2. The van der Waals surface area contributed by atoms with Gasteiger partial charge < -0.3 is 34.9 Å². The van der Waals surface area contributed by atoms with Crippen LogP contribution in [-0.4, -0.2) is 41.8 Å². The van der Waals surface area contributed by atoms with Gasteiger partial charge in [-0.3, -0.25) is 0 Å². The van der Waals surface area contributed by atoms with Crippen LogP contribution in [0.4, 0.5) is 10.5 Å². The van der Waals surface area contributed by atoms with Gasteiger partial charge in [-0.25, -0.2) is 4.79 Å². The van der Waals surface area contributed by atoms with E-state index in [2.05, 4.69) is 71.0 Å². The lowest BCUT2D eigenvalue weighted by atomic mass is 9.89. The zero-order chi connectivity index (χ0) is 35.7. The molecule has 268 valence electrons. The number of aliphatic hydroxyl groups is 1. The maximum atomic E-state index is 12.7. The topological polar surface area (TPSA) is 92.3 Å². The fraction of sp³-hybridized carbons (Fsp3) is 0.295. The molecule has 8 heteroatoms. The summed E-state index contributed by atoms with van der Waals surface area (Å²) in [5.74, 6) is 1.62. The lowest BCUT2D eigenvalue weighted by molar-refractivity contribution is -0.276. The van der Waals surface area contributed by atoms with Gasteiger partial charge in [0.25, 0.3) is 0 Å². The Morgan fingerprint density at radius 2 is 1.46 bits per heavy atom. The minimum Gasteiger partial charge on any atom is -0.457 e. The van der Waals surface area contributed by atoms with E-state index in [1.54, 1.807) is 0 Å². The Bertz CT molecular complexity index is 1880. The monoisotopic (exact) mass is 697 g/mol. The van der Waals surface area contributed by atoms with Crippen molar-refractivity contribution in [2.45, 2.75) is 57.8 Å². The number of likely N-dealkylation sites (tertiary alicyclic amines) is 1. The van der Waals surface area contributed by atoms with Gasteiger partial charge in [-0.05, 0) is 96.2 Å². The summed E-state index contributed by atoms with van der Waals surface area (Å²) in [6.45, 7) is 5.74. The number of hydrogen-bond donors (Lipinski definition) is 3. The van der Waals surface area contributed by atoms with E-state index in [4.69, 9.17) is 14.2 Å². The summed E-state index contributed by atoms with van der Waals surface area (Å²) in [5.41, 5.74) is 6.76. The first-order chi connectivity index (χ1) is 25.5. The van der Waals surface area contributed by atoms with Crippen LogP contribution < -0.4 is 15.4 Å². The lowest BCUT2D eigenvalue weighted by Crippen LogP contribution is -2.45. The zero-order valence-corrected chi connectivity index (χ0v) is 29.6. The van der Waals surface area contributed by atoms with Crippen molar-refractivity contribution in [1.29, 1.82) is 0 Å². The highest BCUT2D eigenvalue weighted by Gasteiger charge is 2.39. The van der Waals surface area contributed by atoms with Gasteiger partial charge in [0.05, 0.1) is 18.8 Å². The average molecular weight is 698 g/mol. The molecular weight excluding hydrogens is 651 g/mol. The first-order valence-corrected chi connectivity index (χ1v) is 18.3. The fourth-order valence-corrected chi connectivity index (χ4v) is 7.01. The summed E-state index contributed by atoms with van der Waals surface area (Å²) in [5, 5.41) is 15.4. The molecule has 2 fully saturated rings. The molecule has 2 amide bonds. The summed E-state index contributed by atoms with van der Waals surface area (Å²) < 4.78 is 19.3. The van der Waals surface area contributed by atoms with Gasteiger partial charge in [0.1, 0.15) is 11.5 Å². The number of nitrogens with zero attached hydrogens (tertiary/aromatic N) is 1. The predicted octanol–water partition coefficient (Wildman–Crippen LogP) is 9.24. The average Bonchev–Trinajstić information content (AvgIpc) is 3.20. The molecule has 52 heavy (non-hydrogen) atoms. The number of piperidine rings is 1. The zero-order valence-electron chi connectivity index (χ0n) is 29.6. The minimum atomic E-state index is -0.496. The number of benzene rings is 5. The minimum absolute atomic E-state index is 0.0212. The Hall–Kier alpha value is -4.99. The van der Waals surface area contributed by atoms with Crippen molar-refractivity contribution in [3.63, 3.8) is 0 Å². The predicted molar refractivity (Wildman–Crippen MR) is 204 cm³/mol. The number of carbonyl (C=O) groups is 1. The molecule has 5 aromatic carbocycles. The largest absolute Gasteiger partial charge is 0.457 e. The number of para-hydroxylation sites is 1. The highest BCUT2D eigenvalue weighted by Crippen LogP contribution is 2.42. The molecule has 2 heterocycles. The SMILES string of the molecule is CC1C(CN2CCCCC2)OC(c2ccc(-c3cccc(CNC(=O)Nc4ccc(Oc5ccccc5)cc4)c3)cc2)OC1c1ccc(CO)cc1. The van der Waals surface area contributed by atoms with Crippen LogP contribution in [0.3, 0.4) is 0 Å². The first kappa shape index (κ1) is 35.4. The Labute approximate surface area is 306 Å². The van der Waals surface area contributed by atoms with E-state index in [1.165, 1.54) is 19.3 Å². The number of anilines is 1. The number of aliphatic hydroxyl groups excluding tert-OH is 1.